The van der Waals surface area contributed by atoms with Crippen LogP contribution in [0.3, 0.4) is 0 Å². The normalized spacial score (nSPS) is 10.6. The lowest BCUT2D eigenvalue weighted by Crippen LogP contribution is -2.13. The van der Waals surface area contributed by atoms with Gasteiger partial charge in [-0.25, -0.2) is 4.39 Å². The van der Waals surface area contributed by atoms with E-state index in [9.17, 15) is 9.18 Å². The van der Waals surface area contributed by atoms with E-state index in [1.54, 1.807) is 6.07 Å². The highest BCUT2D eigenvalue weighted by Crippen LogP contribution is 2.04. The number of ether oxygens (including phenoxy) is 2. The summed E-state index contributed by atoms with van der Waals surface area (Å²) in [4.78, 5) is 11.6. The number of ketones is 1. The topological polar surface area (TPSA) is 35.5 Å². The fourth-order valence-corrected chi connectivity index (χ4v) is 1.38. The summed E-state index contributed by atoms with van der Waals surface area (Å²) in [5, 5.41) is 0. The second-order valence-corrected chi connectivity index (χ2v) is 3.95. The third kappa shape index (κ3) is 5.89. The van der Waals surface area contributed by atoms with E-state index in [1.165, 1.54) is 18.2 Å². The summed E-state index contributed by atoms with van der Waals surface area (Å²) in [5.74, 6) is -0.633. The minimum atomic E-state index is -0.413. The molecule has 0 saturated heterocycles. The Morgan fingerprint density at radius 2 is 2.00 bits per heavy atom. The van der Waals surface area contributed by atoms with Crippen molar-refractivity contribution in [1.82, 2.24) is 0 Å². The molecule has 0 aliphatic carbocycles. The molecule has 0 N–H and O–H groups in total. The van der Waals surface area contributed by atoms with Gasteiger partial charge >= 0.3 is 0 Å². The molecule has 0 saturated carbocycles. The molecule has 100 valence electrons. The first-order valence-corrected chi connectivity index (χ1v) is 6.18. The fourth-order valence-electron chi connectivity index (χ4n) is 1.38. The molecule has 0 heterocycles. The van der Waals surface area contributed by atoms with Crippen LogP contribution in [-0.4, -0.2) is 32.2 Å². The number of Topliss-reactive ketones (excluding diaryl/α,β-unsaturated/α-hetero) is 1. The summed E-state index contributed by atoms with van der Waals surface area (Å²) in [6.45, 7) is 3.64. The van der Waals surface area contributed by atoms with Gasteiger partial charge in [0, 0.05) is 12.2 Å². The zero-order chi connectivity index (χ0) is 13.2. The third-order valence-electron chi connectivity index (χ3n) is 2.39. The molecule has 1 aromatic rings. The number of benzene rings is 1. The lowest BCUT2D eigenvalue weighted by Gasteiger charge is -2.05. The minimum Gasteiger partial charge on any atom is -0.379 e. The Hall–Kier alpha value is -1.26. The summed E-state index contributed by atoms with van der Waals surface area (Å²) < 4.78 is 23.3. The van der Waals surface area contributed by atoms with Gasteiger partial charge in [0.05, 0.1) is 13.2 Å². The van der Waals surface area contributed by atoms with Crippen molar-refractivity contribution in [3.63, 3.8) is 0 Å². The Balaban J connectivity index is 2.14. The van der Waals surface area contributed by atoms with Crippen molar-refractivity contribution < 1.29 is 18.7 Å². The Morgan fingerprint density at radius 3 is 2.72 bits per heavy atom. The summed E-state index contributed by atoms with van der Waals surface area (Å²) in [5.41, 5.74) is 0.335. The largest absolute Gasteiger partial charge is 0.379 e. The van der Waals surface area contributed by atoms with Crippen LogP contribution in [0.2, 0.25) is 0 Å². The molecule has 0 unspecified atom stereocenters. The van der Waals surface area contributed by atoms with E-state index in [1.807, 2.05) is 0 Å². The second-order valence-electron chi connectivity index (χ2n) is 3.95. The van der Waals surface area contributed by atoms with Crippen molar-refractivity contribution in [2.75, 3.05) is 26.4 Å². The molecular weight excluding hydrogens is 235 g/mol. The van der Waals surface area contributed by atoms with Crippen LogP contribution in [0.15, 0.2) is 24.3 Å². The maximum Gasteiger partial charge on any atom is 0.188 e. The van der Waals surface area contributed by atoms with Crippen molar-refractivity contribution in [3.8, 4) is 0 Å². The zero-order valence-corrected chi connectivity index (χ0v) is 10.7. The summed E-state index contributed by atoms with van der Waals surface area (Å²) in [7, 11) is 0. The molecule has 0 aliphatic heterocycles. The molecule has 0 radical (unpaired) electrons. The number of halogens is 1. The summed E-state index contributed by atoms with van der Waals surface area (Å²) in [6, 6.07) is 5.60. The molecule has 0 atom stereocenters. The molecule has 4 heteroatoms. The predicted octanol–water partition coefficient (Wildman–Crippen LogP) is 2.84. The predicted molar refractivity (Wildman–Crippen MR) is 67.3 cm³/mol. The van der Waals surface area contributed by atoms with E-state index < -0.39 is 5.82 Å². The zero-order valence-electron chi connectivity index (χ0n) is 10.7. The van der Waals surface area contributed by atoms with Gasteiger partial charge in [-0.2, -0.15) is 0 Å². The van der Waals surface area contributed by atoms with Crippen molar-refractivity contribution >= 4 is 5.78 Å². The SMILES string of the molecule is CCCCOCCOCC(=O)c1cccc(F)c1. The first-order valence-electron chi connectivity index (χ1n) is 6.18. The highest BCUT2D eigenvalue weighted by molar-refractivity contribution is 5.97. The van der Waals surface area contributed by atoms with E-state index in [0.717, 1.165) is 19.4 Å². The Labute approximate surface area is 107 Å². The average Bonchev–Trinajstić information content (AvgIpc) is 2.37. The van der Waals surface area contributed by atoms with Gasteiger partial charge in [0.25, 0.3) is 0 Å². The maximum absolute atomic E-state index is 12.9. The van der Waals surface area contributed by atoms with Gasteiger partial charge in [0.15, 0.2) is 5.78 Å². The van der Waals surface area contributed by atoms with E-state index in [0.29, 0.717) is 18.8 Å². The Bertz CT molecular complexity index is 366. The Morgan fingerprint density at radius 1 is 1.22 bits per heavy atom. The van der Waals surface area contributed by atoms with Crippen molar-refractivity contribution in [2.24, 2.45) is 0 Å². The van der Waals surface area contributed by atoms with Gasteiger partial charge in [-0.05, 0) is 18.6 Å². The van der Waals surface area contributed by atoms with Gasteiger partial charge in [-0.3, -0.25) is 4.79 Å². The first-order chi connectivity index (χ1) is 8.74. The van der Waals surface area contributed by atoms with Crippen LogP contribution in [-0.2, 0) is 9.47 Å². The lowest BCUT2D eigenvalue weighted by molar-refractivity contribution is 0.0432. The third-order valence-corrected chi connectivity index (χ3v) is 2.39. The van der Waals surface area contributed by atoms with Crippen LogP contribution in [0.25, 0.3) is 0 Å². The molecular formula is C14H19FO3. The number of rotatable bonds is 9. The lowest BCUT2D eigenvalue weighted by atomic mass is 10.1. The van der Waals surface area contributed by atoms with Crippen LogP contribution < -0.4 is 0 Å². The van der Waals surface area contributed by atoms with Crippen LogP contribution in [0.1, 0.15) is 30.1 Å². The molecule has 3 nitrogen and oxygen atoms in total. The second kappa shape index (κ2) is 8.78. The minimum absolute atomic E-state index is 0.0411. The maximum atomic E-state index is 12.9. The quantitative estimate of drug-likeness (QED) is 0.502. The molecule has 0 aromatic heterocycles. The summed E-state index contributed by atoms with van der Waals surface area (Å²) >= 11 is 0. The van der Waals surface area contributed by atoms with E-state index in [4.69, 9.17) is 9.47 Å². The monoisotopic (exact) mass is 254 g/mol. The van der Waals surface area contributed by atoms with E-state index >= 15 is 0 Å². The van der Waals surface area contributed by atoms with Crippen LogP contribution in [0, 0.1) is 5.82 Å². The molecule has 18 heavy (non-hydrogen) atoms. The number of carbonyl (C=O) groups excluding carboxylic acids is 1. The average molecular weight is 254 g/mol. The molecule has 1 rings (SSSR count). The highest BCUT2D eigenvalue weighted by Gasteiger charge is 2.06. The van der Waals surface area contributed by atoms with Gasteiger partial charge < -0.3 is 9.47 Å². The number of hydrogen-bond acceptors (Lipinski definition) is 3. The first kappa shape index (κ1) is 14.8. The Kier molecular flexibility index (Phi) is 7.22. The van der Waals surface area contributed by atoms with E-state index in [-0.39, 0.29) is 12.4 Å². The smallest absolute Gasteiger partial charge is 0.188 e. The van der Waals surface area contributed by atoms with E-state index in [2.05, 4.69) is 6.92 Å². The molecule has 0 aliphatic rings. The van der Waals surface area contributed by atoms with Gasteiger partial charge in [-0.1, -0.05) is 25.5 Å². The molecule has 0 fully saturated rings. The van der Waals surface area contributed by atoms with Crippen molar-refractivity contribution in [1.29, 1.82) is 0 Å². The standard InChI is InChI=1S/C14H19FO3/c1-2-3-7-17-8-9-18-11-14(16)12-5-4-6-13(15)10-12/h4-6,10H,2-3,7-9,11H2,1H3. The molecule has 0 amide bonds. The van der Waals surface area contributed by atoms with Gasteiger partial charge in [0.2, 0.25) is 0 Å². The molecule has 1 aromatic carbocycles. The van der Waals surface area contributed by atoms with Crippen LogP contribution in [0.5, 0.6) is 0 Å². The highest BCUT2D eigenvalue weighted by atomic mass is 19.1. The molecule has 0 spiro atoms. The van der Waals surface area contributed by atoms with Crippen molar-refractivity contribution in [2.45, 2.75) is 19.8 Å². The van der Waals surface area contributed by atoms with Crippen LogP contribution >= 0.6 is 0 Å². The van der Waals surface area contributed by atoms with Gasteiger partial charge in [-0.15, -0.1) is 0 Å². The van der Waals surface area contributed by atoms with Crippen LogP contribution in [0.4, 0.5) is 4.39 Å². The number of carbonyl (C=O) groups is 1. The number of hydrogen-bond donors (Lipinski definition) is 0. The van der Waals surface area contributed by atoms with Gasteiger partial charge in [0.1, 0.15) is 12.4 Å². The summed E-state index contributed by atoms with van der Waals surface area (Å²) in [6.07, 6.45) is 2.13. The van der Waals surface area contributed by atoms with Crippen molar-refractivity contribution in [3.05, 3.63) is 35.6 Å². The molecule has 0 bridgehead atoms. The fraction of sp³-hybridized carbons (Fsp3) is 0.500. The number of unbranched alkanes of at least 4 members (excludes halogenated alkanes) is 1.